The van der Waals surface area contributed by atoms with Crippen molar-refractivity contribution in [3.63, 3.8) is 0 Å². The van der Waals surface area contributed by atoms with Crippen molar-refractivity contribution in [2.24, 2.45) is 17.3 Å². The summed E-state index contributed by atoms with van der Waals surface area (Å²) in [6.45, 7) is 2.43. The Morgan fingerprint density at radius 3 is 2.86 bits per heavy atom. The minimum absolute atomic E-state index is 0.558. The van der Waals surface area contributed by atoms with Gasteiger partial charge in [0, 0.05) is 6.42 Å². The average molecular weight is 192 g/mol. The molecule has 2 bridgehead atoms. The first-order valence-corrected chi connectivity index (χ1v) is 5.86. The summed E-state index contributed by atoms with van der Waals surface area (Å²) in [4.78, 5) is 10.2. The van der Waals surface area contributed by atoms with E-state index in [-0.39, 0.29) is 0 Å². The second kappa shape index (κ2) is 3.88. The Labute approximate surface area is 86.6 Å². The number of rotatable bonds is 5. The van der Waals surface area contributed by atoms with Gasteiger partial charge >= 0.3 is 0 Å². The van der Waals surface area contributed by atoms with Crippen molar-refractivity contribution in [2.75, 3.05) is 0 Å². The first-order valence-electron chi connectivity index (χ1n) is 5.86. The van der Waals surface area contributed by atoms with Crippen molar-refractivity contribution in [1.82, 2.24) is 0 Å². The molecule has 0 aliphatic heterocycles. The third-order valence-corrected chi connectivity index (χ3v) is 4.12. The van der Waals surface area contributed by atoms with E-state index >= 15 is 0 Å². The van der Waals surface area contributed by atoms with Gasteiger partial charge in [0.05, 0.1) is 0 Å². The van der Waals surface area contributed by atoms with Crippen LogP contribution in [0.3, 0.4) is 0 Å². The second-order valence-electron chi connectivity index (χ2n) is 5.26. The molecule has 0 aromatic carbocycles. The Morgan fingerprint density at radius 2 is 2.29 bits per heavy atom. The van der Waals surface area contributed by atoms with Gasteiger partial charge in [-0.1, -0.05) is 25.5 Å². The molecule has 0 spiro atoms. The highest BCUT2D eigenvalue weighted by molar-refractivity contribution is 5.48. The van der Waals surface area contributed by atoms with Crippen molar-refractivity contribution in [3.8, 4) is 0 Å². The fraction of sp³-hybridized carbons (Fsp3) is 0.769. The van der Waals surface area contributed by atoms with Crippen molar-refractivity contribution >= 4 is 6.29 Å². The lowest BCUT2D eigenvalue weighted by atomic mass is 9.74. The minimum Gasteiger partial charge on any atom is -0.303 e. The maximum Gasteiger partial charge on any atom is 0.119 e. The first-order chi connectivity index (χ1) is 6.74. The van der Waals surface area contributed by atoms with Gasteiger partial charge < -0.3 is 4.79 Å². The van der Waals surface area contributed by atoms with E-state index in [1.165, 1.54) is 25.7 Å². The number of unbranched alkanes of at least 4 members (excludes halogenated alkanes) is 2. The van der Waals surface area contributed by atoms with Crippen LogP contribution in [0.2, 0.25) is 0 Å². The average Bonchev–Trinajstić information content (AvgIpc) is 2.72. The van der Waals surface area contributed by atoms with E-state index in [9.17, 15) is 4.79 Å². The largest absolute Gasteiger partial charge is 0.303 e. The summed E-state index contributed by atoms with van der Waals surface area (Å²) >= 11 is 0. The van der Waals surface area contributed by atoms with E-state index in [0.717, 1.165) is 31.0 Å². The lowest BCUT2D eigenvalue weighted by molar-refractivity contribution is -0.107. The number of allylic oxidation sites excluding steroid dienone is 2. The molecule has 0 N–H and O–H groups in total. The number of carbonyl (C=O) groups is 1. The van der Waals surface area contributed by atoms with Crippen molar-refractivity contribution < 1.29 is 4.79 Å². The quantitative estimate of drug-likeness (QED) is 0.371. The summed E-state index contributed by atoms with van der Waals surface area (Å²) in [6, 6.07) is 0. The molecule has 1 saturated carbocycles. The van der Waals surface area contributed by atoms with E-state index in [0.29, 0.717) is 5.41 Å². The highest BCUT2D eigenvalue weighted by atomic mass is 16.1. The van der Waals surface area contributed by atoms with Crippen molar-refractivity contribution in [1.29, 1.82) is 0 Å². The summed E-state index contributed by atoms with van der Waals surface area (Å²) in [5.74, 6) is 1.71. The molecule has 0 amide bonds. The third-order valence-electron chi connectivity index (χ3n) is 4.12. The van der Waals surface area contributed by atoms with Crippen LogP contribution >= 0.6 is 0 Å². The molecule has 1 heteroatoms. The van der Waals surface area contributed by atoms with E-state index in [2.05, 4.69) is 19.1 Å². The zero-order valence-electron chi connectivity index (χ0n) is 9.04. The van der Waals surface area contributed by atoms with E-state index in [1.807, 2.05) is 0 Å². The van der Waals surface area contributed by atoms with Gasteiger partial charge in [-0.2, -0.15) is 0 Å². The Hall–Kier alpha value is -0.590. The fourth-order valence-electron chi connectivity index (χ4n) is 3.24. The zero-order chi connectivity index (χ0) is 10.0. The lowest BCUT2D eigenvalue weighted by Gasteiger charge is -2.31. The molecule has 2 aliphatic rings. The van der Waals surface area contributed by atoms with E-state index in [4.69, 9.17) is 0 Å². The van der Waals surface area contributed by atoms with E-state index in [1.54, 1.807) is 0 Å². The molecule has 3 atom stereocenters. The molecular weight excluding hydrogens is 172 g/mol. The fourth-order valence-corrected chi connectivity index (χ4v) is 3.24. The van der Waals surface area contributed by atoms with Gasteiger partial charge in [-0.25, -0.2) is 0 Å². The Kier molecular flexibility index (Phi) is 2.76. The van der Waals surface area contributed by atoms with Gasteiger partial charge in [-0.05, 0) is 42.9 Å². The van der Waals surface area contributed by atoms with Crippen LogP contribution in [0.15, 0.2) is 12.2 Å². The topological polar surface area (TPSA) is 17.1 Å². The molecule has 14 heavy (non-hydrogen) atoms. The van der Waals surface area contributed by atoms with Crippen LogP contribution in [-0.2, 0) is 4.79 Å². The molecule has 1 unspecified atom stereocenters. The molecule has 2 aliphatic carbocycles. The van der Waals surface area contributed by atoms with Crippen LogP contribution in [0, 0.1) is 17.3 Å². The number of fused-ring (bicyclic) bond motifs is 2. The van der Waals surface area contributed by atoms with Crippen LogP contribution in [0.1, 0.15) is 45.4 Å². The standard InChI is InChI=1S/C13H20O/c1-13(7-3-2-4-8-14)10-11-5-6-12(13)9-11/h5-6,8,11-12H,2-4,7,9-10H2,1H3/t11-,12-,13?/m0/s1. The predicted molar refractivity (Wildman–Crippen MR) is 58.0 cm³/mol. The summed E-state index contributed by atoms with van der Waals surface area (Å²) in [7, 11) is 0. The zero-order valence-corrected chi connectivity index (χ0v) is 9.04. The van der Waals surface area contributed by atoms with Crippen molar-refractivity contribution in [2.45, 2.75) is 45.4 Å². The summed E-state index contributed by atoms with van der Waals surface area (Å²) in [5.41, 5.74) is 0.558. The number of hydrogen-bond donors (Lipinski definition) is 0. The molecule has 1 nitrogen and oxygen atoms in total. The predicted octanol–water partition coefficient (Wildman–Crippen LogP) is 3.35. The third kappa shape index (κ3) is 1.77. The lowest BCUT2D eigenvalue weighted by Crippen LogP contribution is -2.21. The SMILES string of the molecule is CC1(CCCCC=O)C[C@H]2C=C[C@H]1C2. The van der Waals surface area contributed by atoms with Crippen LogP contribution in [0.5, 0.6) is 0 Å². The van der Waals surface area contributed by atoms with Gasteiger partial charge in [0.15, 0.2) is 0 Å². The number of aldehydes is 1. The smallest absolute Gasteiger partial charge is 0.119 e. The molecular formula is C13H20O. The normalized spacial score (nSPS) is 39.2. The number of carbonyl (C=O) groups excluding carboxylic acids is 1. The maximum absolute atomic E-state index is 10.2. The highest BCUT2D eigenvalue weighted by Gasteiger charge is 2.43. The van der Waals surface area contributed by atoms with Crippen molar-refractivity contribution in [3.05, 3.63) is 12.2 Å². The Bertz CT molecular complexity index is 244. The summed E-state index contributed by atoms with van der Waals surface area (Å²) in [5, 5.41) is 0. The van der Waals surface area contributed by atoms with Crippen LogP contribution < -0.4 is 0 Å². The van der Waals surface area contributed by atoms with Gasteiger partial charge in [0.25, 0.3) is 0 Å². The molecule has 78 valence electrons. The van der Waals surface area contributed by atoms with Crippen LogP contribution in [-0.4, -0.2) is 6.29 Å². The first kappa shape index (κ1) is 9.95. The molecule has 1 fully saturated rings. The van der Waals surface area contributed by atoms with Crippen LogP contribution in [0.25, 0.3) is 0 Å². The summed E-state index contributed by atoms with van der Waals surface area (Å²) < 4.78 is 0. The molecule has 0 heterocycles. The molecule has 0 aromatic rings. The van der Waals surface area contributed by atoms with Gasteiger partial charge in [-0.3, -0.25) is 0 Å². The molecule has 0 aromatic heterocycles. The Morgan fingerprint density at radius 1 is 1.43 bits per heavy atom. The van der Waals surface area contributed by atoms with Gasteiger partial charge in [-0.15, -0.1) is 0 Å². The molecule has 0 saturated heterocycles. The van der Waals surface area contributed by atoms with Crippen LogP contribution in [0.4, 0.5) is 0 Å². The summed E-state index contributed by atoms with van der Waals surface area (Å²) in [6.07, 6.45) is 13.0. The maximum atomic E-state index is 10.2. The highest BCUT2D eigenvalue weighted by Crippen LogP contribution is 2.54. The molecule has 2 rings (SSSR count). The number of hydrogen-bond acceptors (Lipinski definition) is 1. The second-order valence-corrected chi connectivity index (χ2v) is 5.26. The Balaban J connectivity index is 1.79. The minimum atomic E-state index is 0.558. The van der Waals surface area contributed by atoms with Gasteiger partial charge in [0.2, 0.25) is 0 Å². The van der Waals surface area contributed by atoms with Gasteiger partial charge in [0.1, 0.15) is 6.29 Å². The molecule has 0 radical (unpaired) electrons. The monoisotopic (exact) mass is 192 g/mol. The van der Waals surface area contributed by atoms with E-state index < -0.39 is 0 Å².